The predicted octanol–water partition coefficient (Wildman–Crippen LogP) is 3.02. The molecule has 0 fully saturated rings. The van der Waals surface area contributed by atoms with E-state index >= 15 is 0 Å². The number of aromatic nitrogens is 1. The van der Waals surface area contributed by atoms with E-state index in [-0.39, 0.29) is 0 Å². The highest BCUT2D eigenvalue weighted by molar-refractivity contribution is 7.99. The van der Waals surface area contributed by atoms with Crippen LogP contribution in [0.2, 0.25) is 0 Å². The average molecular weight is 242 g/mol. The first-order chi connectivity index (χ1) is 7.24. The third-order valence-corrected chi connectivity index (χ3v) is 3.77. The number of nitrogens with zero attached hydrogens (tertiary/aromatic N) is 1. The van der Waals surface area contributed by atoms with E-state index in [1.54, 1.807) is 11.3 Å². The van der Waals surface area contributed by atoms with Crippen molar-refractivity contribution < 1.29 is 0 Å². The molecule has 1 unspecified atom stereocenters. The monoisotopic (exact) mass is 242 g/mol. The van der Waals surface area contributed by atoms with Crippen LogP contribution < -0.4 is 5.32 Å². The molecule has 1 atom stereocenters. The van der Waals surface area contributed by atoms with Gasteiger partial charge in [0.15, 0.2) is 0 Å². The second kappa shape index (κ2) is 7.04. The molecule has 84 valence electrons. The SMILES string of the molecule is C=CCSCCNC(C)c1csc(C)n1. The quantitative estimate of drug-likeness (QED) is 0.588. The molecule has 1 heterocycles. The van der Waals surface area contributed by atoms with Gasteiger partial charge < -0.3 is 5.32 Å². The smallest absolute Gasteiger partial charge is 0.0898 e. The summed E-state index contributed by atoms with van der Waals surface area (Å²) in [7, 11) is 0. The lowest BCUT2D eigenvalue weighted by Gasteiger charge is -2.10. The van der Waals surface area contributed by atoms with Crippen LogP contribution in [-0.4, -0.2) is 23.0 Å². The fourth-order valence-electron chi connectivity index (χ4n) is 1.20. The molecular weight excluding hydrogens is 224 g/mol. The molecule has 2 nitrogen and oxygen atoms in total. The van der Waals surface area contributed by atoms with E-state index in [0.29, 0.717) is 6.04 Å². The van der Waals surface area contributed by atoms with Gasteiger partial charge in [0.2, 0.25) is 0 Å². The molecule has 15 heavy (non-hydrogen) atoms. The highest BCUT2D eigenvalue weighted by Crippen LogP contribution is 2.15. The van der Waals surface area contributed by atoms with E-state index in [1.165, 1.54) is 0 Å². The molecule has 0 saturated carbocycles. The van der Waals surface area contributed by atoms with E-state index in [1.807, 2.05) is 24.8 Å². The Labute approximate surface area is 100 Å². The van der Waals surface area contributed by atoms with Gasteiger partial charge in [-0.1, -0.05) is 6.08 Å². The standard InChI is InChI=1S/C11H18N2S2/c1-4-6-14-7-5-12-9(2)11-8-15-10(3)13-11/h4,8-9,12H,1,5-7H2,2-3H3. The van der Waals surface area contributed by atoms with Gasteiger partial charge in [0.25, 0.3) is 0 Å². The van der Waals surface area contributed by atoms with Crippen LogP contribution in [0.25, 0.3) is 0 Å². The molecule has 0 bridgehead atoms. The molecular formula is C11H18N2S2. The summed E-state index contributed by atoms with van der Waals surface area (Å²) in [6.45, 7) is 8.92. The molecule has 4 heteroatoms. The molecule has 1 aromatic heterocycles. The summed E-state index contributed by atoms with van der Waals surface area (Å²) in [5, 5.41) is 6.73. The predicted molar refractivity (Wildman–Crippen MR) is 70.8 cm³/mol. The lowest BCUT2D eigenvalue weighted by Crippen LogP contribution is -2.21. The first-order valence-corrected chi connectivity index (χ1v) is 7.11. The van der Waals surface area contributed by atoms with Crippen molar-refractivity contribution in [2.45, 2.75) is 19.9 Å². The number of aryl methyl sites for hydroxylation is 1. The van der Waals surface area contributed by atoms with Crippen LogP contribution in [-0.2, 0) is 0 Å². The molecule has 0 aliphatic carbocycles. The molecule has 0 aliphatic rings. The minimum Gasteiger partial charge on any atom is -0.308 e. The Hall–Kier alpha value is -0.320. The van der Waals surface area contributed by atoms with E-state index in [9.17, 15) is 0 Å². The van der Waals surface area contributed by atoms with Gasteiger partial charge in [0.05, 0.1) is 10.7 Å². The van der Waals surface area contributed by atoms with Crippen molar-refractivity contribution >= 4 is 23.1 Å². The van der Waals surface area contributed by atoms with E-state index in [4.69, 9.17) is 0 Å². The summed E-state index contributed by atoms with van der Waals surface area (Å²) in [5.41, 5.74) is 1.16. The van der Waals surface area contributed by atoms with Crippen LogP contribution in [0.5, 0.6) is 0 Å². The number of hydrogen-bond donors (Lipinski definition) is 1. The zero-order chi connectivity index (χ0) is 11.1. The van der Waals surface area contributed by atoms with Crippen molar-refractivity contribution in [3.05, 3.63) is 28.7 Å². The molecule has 0 radical (unpaired) electrons. The Balaban J connectivity index is 2.18. The number of nitrogens with one attached hydrogen (secondary N) is 1. The average Bonchev–Trinajstić information content (AvgIpc) is 2.64. The number of rotatable bonds is 7. The second-order valence-corrected chi connectivity index (χ2v) is 5.54. The molecule has 0 aliphatic heterocycles. The maximum absolute atomic E-state index is 4.46. The largest absolute Gasteiger partial charge is 0.308 e. The van der Waals surface area contributed by atoms with Crippen LogP contribution in [0.4, 0.5) is 0 Å². The molecule has 1 aromatic rings. The molecule has 1 rings (SSSR count). The molecule has 0 amide bonds. The maximum atomic E-state index is 4.46. The fourth-order valence-corrected chi connectivity index (χ4v) is 2.50. The number of thiazole rings is 1. The van der Waals surface area contributed by atoms with Crippen LogP contribution in [0.1, 0.15) is 23.7 Å². The summed E-state index contributed by atoms with van der Waals surface area (Å²) in [6, 6.07) is 0.360. The van der Waals surface area contributed by atoms with Gasteiger partial charge in [0.1, 0.15) is 0 Å². The summed E-state index contributed by atoms with van der Waals surface area (Å²) in [6.07, 6.45) is 1.94. The second-order valence-electron chi connectivity index (χ2n) is 3.33. The molecule has 0 spiro atoms. The maximum Gasteiger partial charge on any atom is 0.0898 e. The lowest BCUT2D eigenvalue weighted by atomic mass is 10.2. The minimum atomic E-state index is 0.360. The highest BCUT2D eigenvalue weighted by atomic mass is 32.2. The first-order valence-electron chi connectivity index (χ1n) is 5.08. The van der Waals surface area contributed by atoms with Crippen LogP contribution in [0, 0.1) is 6.92 Å². The van der Waals surface area contributed by atoms with E-state index in [0.717, 1.165) is 28.8 Å². The van der Waals surface area contributed by atoms with Crippen LogP contribution >= 0.6 is 23.1 Å². The van der Waals surface area contributed by atoms with Gasteiger partial charge in [-0.2, -0.15) is 11.8 Å². The van der Waals surface area contributed by atoms with Gasteiger partial charge in [-0.3, -0.25) is 0 Å². The van der Waals surface area contributed by atoms with Crippen molar-refractivity contribution in [2.75, 3.05) is 18.1 Å². The summed E-state index contributed by atoms with van der Waals surface area (Å²) >= 11 is 3.61. The number of thioether (sulfide) groups is 1. The summed E-state index contributed by atoms with van der Waals surface area (Å²) < 4.78 is 0. The third-order valence-electron chi connectivity index (χ3n) is 2.01. The Bertz CT molecular complexity index is 297. The molecule has 1 N–H and O–H groups in total. The minimum absolute atomic E-state index is 0.360. The van der Waals surface area contributed by atoms with Gasteiger partial charge in [-0.15, -0.1) is 17.9 Å². The zero-order valence-electron chi connectivity index (χ0n) is 9.32. The van der Waals surface area contributed by atoms with Crippen molar-refractivity contribution in [3.8, 4) is 0 Å². The Morgan fingerprint density at radius 2 is 2.53 bits per heavy atom. The van der Waals surface area contributed by atoms with E-state index in [2.05, 4.69) is 29.2 Å². The highest BCUT2D eigenvalue weighted by Gasteiger charge is 2.06. The topological polar surface area (TPSA) is 24.9 Å². The van der Waals surface area contributed by atoms with Gasteiger partial charge in [0, 0.05) is 29.5 Å². The van der Waals surface area contributed by atoms with Gasteiger partial charge in [-0.05, 0) is 13.8 Å². The molecule has 0 saturated heterocycles. The molecule has 0 aromatic carbocycles. The van der Waals surface area contributed by atoms with Crippen molar-refractivity contribution in [3.63, 3.8) is 0 Å². The van der Waals surface area contributed by atoms with Crippen LogP contribution in [0.15, 0.2) is 18.0 Å². The normalized spacial score (nSPS) is 12.7. The van der Waals surface area contributed by atoms with Gasteiger partial charge in [-0.25, -0.2) is 4.98 Å². The lowest BCUT2D eigenvalue weighted by molar-refractivity contribution is 0.588. The zero-order valence-corrected chi connectivity index (χ0v) is 11.0. The van der Waals surface area contributed by atoms with Crippen molar-refractivity contribution in [2.24, 2.45) is 0 Å². The van der Waals surface area contributed by atoms with Gasteiger partial charge >= 0.3 is 0 Å². The van der Waals surface area contributed by atoms with E-state index < -0.39 is 0 Å². The van der Waals surface area contributed by atoms with Crippen molar-refractivity contribution in [1.29, 1.82) is 0 Å². The Kier molecular flexibility index (Phi) is 5.98. The Morgan fingerprint density at radius 3 is 3.13 bits per heavy atom. The van der Waals surface area contributed by atoms with Crippen LogP contribution in [0.3, 0.4) is 0 Å². The number of hydrogen-bond acceptors (Lipinski definition) is 4. The third kappa shape index (κ3) is 4.82. The van der Waals surface area contributed by atoms with Crippen molar-refractivity contribution in [1.82, 2.24) is 10.3 Å². The Morgan fingerprint density at radius 1 is 1.73 bits per heavy atom. The summed E-state index contributed by atoms with van der Waals surface area (Å²) in [5.74, 6) is 2.16. The summed E-state index contributed by atoms with van der Waals surface area (Å²) in [4.78, 5) is 4.46. The first kappa shape index (κ1) is 12.7. The fraction of sp³-hybridized carbons (Fsp3) is 0.545.